The van der Waals surface area contributed by atoms with Crippen molar-refractivity contribution in [3.8, 4) is 0 Å². The van der Waals surface area contributed by atoms with Gasteiger partial charge in [0, 0.05) is 5.41 Å². The summed E-state index contributed by atoms with van der Waals surface area (Å²) in [5.41, 5.74) is 2.79. The summed E-state index contributed by atoms with van der Waals surface area (Å²) in [5, 5.41) is 0. The number of rotatable bonds is 5. The summed E-state index contributed by atoms with van der Waals surface area (Å²) in [6.45, 7) is 6.33. The van der Waals surface area contributed by atoms with Gasteiger partial charge < -0.3 is 4.74 Å². The summed E-state index contributed by atoms with van der Waals surface area (Å²) in [6, 6.07) is 14.2. The lowest BCUT2D eigenvalue weighted by molar-refractivity contribution is -0.137. The second kappa shape index (κ2) is 6.68. The largest absolute Gasteiger partial charge is 0.416 e. The van der Waals surface area contributed by atoms with Crippen LogP contribution in [0.25, 0.3) is 0 Å². The van der Waals surface area contributed by atoms with Gasteiger partial charge in [-0.25, -0.2) is 0 Å². The fourth-order valence-corrected chi connectivity index (χ4v) is 3.56. The molecule has 25 heavy (non-hydrogen) atoms. The van der Waals surface area contributed by atoms with Crippen LogP contribution in [0.1, 0.15) is 35.1 Å². The lowest BCUT2D eigenvalue weighted by Crippen LogP contribution is -2.40. The van der Waals surface area contributed by atoms with E-state index in [1.54, 1.807) is 13.0 Å². The molecule has 1 saturated carbocycles. The second-order valence-corrected chi connectivity index (χ2v) is 6.95. The predicted octanol–water partition coefficient (Wildman–Crippen LogP) is 5.82. The Morgan fingerprint density at radius 2 is 1.76 bits per heavy atom. The highest BCUT2D eigenvalue weighted by Crippen LogP contribution is 2.47. The van der Waals surface area contributed by atoms with E-state index in [1.807, 2.05) is 18.2 Å². The zero-order valence-electron chi connectivity index (χ0n) is 14.2. The van der Waals surface area contributed by atoms with Crippen LogP contribution in [0.15, 0.2) is 60.7 Å². The first-order valence-corrected chi connectivity index (χ1v) is 8.26. The Morgan fingerprint density at radius 3 is 2.36 bits per heavy atom. The van der Waals surface area contributed by atoms with Crippen LogP contribution >= 0.6 is 0 Å². The van der Waals surface area contributed by atoms with E-state index < -0.39 is 11.7 Å². The molecule has 1 nitrogen and oxygen atoms in total. The molecule has 0 radical (unpaired) electrons. The molecule has 0 unspecified atom stereocenters. The molecule has 0 saturated heterocycles. The first kappa shape index (κ1) is 17.7. The lowest BCUT2D eigenvalue weighted by Gasteiger charge is -2.44. The Balaban J connectivity index is 1.70. The molecule has 0 atom stereocenters. The van der Waals surface area contributed by atoms with Gasteiger partial charge in [-0.3, -0.25) is 0 Å². The van der Waals surface area contributed by atoms with Crippen molar-refractivity contribution in [2.45, 2.75) is 38.0 Å². The highest BCUT2D eigenvalue weighted by atomic mass is 19.4. The molecule has 0 heterocycles. The van der Waals surface area contributed by atoms with Gasteiger partial charge in [0.15, 0.2) is 0 Å². The van der Waals surface area contributed by atoms with Crippen molar-refractivity contribution < 1.29 is 17.9 Å². The summed E-state index contributed by atoms with van der Waals surface area (Å²) in [7, 11) is 0. The van der Waals surface area contributed by atoms with Gasteiger partial charge in [0.05, 0.1) is 18.8 Å². The van der Waals surface area contributed by atoms with Gasteiger partial charge in [0.25, 0.3) is 0 Å². The Bertz CT molecular complexity index is 754. The maximum absolute atomic E-state index is 12.9. The van der Waals surface area contributed by atoms with Crippen molar-refractivity contribution in [2.24, 2.45) is 0 Å². The van der Waals surface area contributed by atoms with Crippen molar-refractivity contribution >= 4 is 0 Å². The van der Waals surface area contributed by atoms with Crippen LogP contribution in [0.5, 0.6) is 0 Å². The van der Waals surface area contributed by atoms with Gasteiger partial charge in [0.1, 0.15) is 0 Å². The number of hydrogen-bond donors (Lipinski definition) is 0. The fourth-order valence-electron chi connectivity index (χ4n) is 3.56. The molecule has 0 bridgehead atoms. The van der Waals surface area contributed by atoms with Crippen molar-refractivity contribution in [2.75, 3.05) is 6.61 Å². The van der Waals surface area contributed by atoms with Gasteiger partial charge in [-0.15, -0.1) is 0 Å². The highest BCUT2D eigenvalue weighted by molar-refractivity contribution is 5.36. The molecule has 4 heteroatoms. The van der Waals surface area contributed by atoms with Crippen LogP contribution in [0, 0.1) is 6.92 Å². The van der Waals surface area contributed by atoms with Crippen molar-refractivity contribution in [3.63, 3.8) is 0 Å². The summed E-state index contributed by atoms with van der Waals surface area (Å²) < 4.78 is 44.7. The van der Waals surface area contributed by atoms with Crippen LogP contribution in [0.3, 0.4) is 0 Å². The molecule has 2 aromatic carbocycles. The number of hydrogen-bond acceptors (Lipinski definition) is 1. The SMILES string of the molecule is C=C1CC(COCc2cc(C)cc(C(F)(F)F)c2)(c2ccccc2)C1. The quantitative estimate of drug-likeness (QED) is 0.620. The Kier molecular flexibility index (Phi) is 4.74. The average molecular weight is 346 g/mol. The number of aryl methyl sites for hydroxylation is 1. The van der Waals surface area contributed by atoms with E-state index >= 15 is 0 Å². The fraction of sp³-hybridized carbons (Fsp3) is 0.333. The zero-order chi connectivity index (χ0) is 18.1. The van der Waals surface area contributed by atoms with Gasteiger partial charge in [-0.2, -0.15) is 13.2 Å². The number of alkyl halides is 3. The van der Waals surface area contributed by atoms with Gasteiger partial charge in [-0.1, -0.05) is 54.1 Å². The molecule has 1 aliphatic rings. The molecule has 0 aliphatic heterocycles. The van der Waals surface area contributed by atoms with Crippen molar-refractivity contribution in [1.29, 1.82) is 0 Å². The molecule has 0 aromatic heterocycles. The Morgan fingerprint density at radius 1 is 1.08 bits per heavy atom. The monoisotopic (exact) mass is 346 g/mol. The predicted molar refractivity (Wildman–Crippen MR) is 92.3 cm³/mol. The van der Waals surface area contributed by atoms with Crippen LogP contribution in [-0.2, 0) is 22.9 Å². The molecular formula is C21H21F3O. The van der Waals surface area contributed by atoms with Gasteiger partial charge in [0.2, 0.25) is 0 Å². The first-order chi connectivity index (χ1) is 11.8. The van der Waals surface area contributed by atoms with E-state index in [2.05, 4.69) is 18.7 Å². The topological polar surface area (TPSA) is 9.23 Å². The standard InChI is InChI=1S/C21H21F3O/c1-15-8-17(10-19(9-15)21(22,23)24)13-25-14-20(11-16(2)12-20)18-6-4-3-5-7-18/h3-10H,2,11-14H2,1H3. The minimum absolute atomic E-state index is 0.102. The van der Waals surface area contributed by atoms with E-state index in [-0.39, 0.29) is 12.0 Å². The molecule has 1 fully saturated rings. The van der Waals surface area contributed by atoms with Crippen LogP contribution in [0.2, 0.25) is 0 Å². The molecule has 0 spiro atoms. The van der Waals surface area contributed by atoms with E-state index in [9.17, 15) is 13.2 Å². The summed E-state index contributed by atoms with van der Waals surface area (Å²) >= 11 is 0. The van der Waals surface area contributed by atoms with Gasteiger partial charge >= 0.3 is 6.18 Å². The molecule has 0 N–H and O–H groups in total. The molecule has 132 valence electrons. The van der Waals surface area contributed by atoms with E-state index in [1.165, 1.54) is 17.2 Å². The third-order valence-corrected chi connectivity index (χ3v) is 4.67. The van der Waals surface area contributed by atoms with Gasteiger partial charge in [-0.05, 0) is 43.0 Å². The molecule has 3 rings (SSSR count). The molecule has 2 aromatic rings. The summed E-state index contributed by atoms with van der Waals surface area (Å²) in [6.07, 6.45) is -2.62. The van der Waals surface area contributed by atoms with Crippen LogP contribution in [-0.4, -0.2) is 6.61 Å². The number of halogens is 3. The molecular weight excluding hydrogens is 325 g/mol. The normalized spacial score (nSPS) is 16.6. The maximum Gasteiger partial charge on any atom is 0.416 e. The maximum atomic E-state index is 12.9. The smallest absolute Gasteiger partial charge is 0.376 e. The minimum Gasteiger partial charge on any atom is -0.376 e. The van der Waals surface area contributed by atoms with E-state index in [0.717, 1.165) is 18.9 Å². The minimum atomic E-state index is -4.34. The average Bonchev–Trinajstić information content (AvgIpc) is 2.52. The van der Waals surface area contributed by atoms with E-state index in [0.29, 0.717) is 17.7 Å². The molecule has 0 amide bonds. The number of allylic oxidation sites excluding steroid dienone is 1. The summed E-state index contributed by atoms with van der Waals surface area (Å²) in [5.74, 6) is 0. The van der Waals surface area contributed by atoms with Crippen LogP contribution in [0.4, 0.5) is 13.2 Å². The Hall–Kier alpha value is -2.07. The highest BCUT2D eigenvalue weighted by Gasteiger charge is 2.41. The number of ether oxygens (including phenoxy) is 1. The third-order valence-electron chi connectivity index (χ3n) is 4.67. The summed E-state index contributed by atoms with van der Waals surface area (Å²) in [4.78, 5) is 0. The van der Waals surface area contributed by atoms with Crippen molar-refractivity contribution in [3.05, 3.63) is 82.9 Å². The second-order valence-electron chi connectivity index (χ2n) is 6.95. The first-order valence-electron chi connectivity index (χ1n) is 8.26. The van der Waals surface area contributed by atoms with Crippen LogP contribution < -0.4 is 0 Å². The lowest BCUT2D eigenvalue weighted by atomic mass is 9.62. The third kappa shape index (κ3) is 3.96. The van der Waals surface area contributed by atoms with E-state index in [4.69, 9.17) is 4.74 Å². The number of benzene rings is 2. The molecule has 1 aliphatic carbocycles. The Labute approximate surface area is 146 Å². The van der Waals surface area contributed by atoms with Crippen molar-refractivity contribution in [1.82, 2.24) is 0 Å². The zero-order valence-corrected chi connectivity index (χ0v) is 14.2.